The van der Waals surface area contributed by atoms with Crippen molar-refractivity contribution in [2.45, 2.75) is 13.0 Å². The van der Waals surface area contributed by atoms with Crippen molar-refractivity contribution in [1.29, 1.82) is 0 Å². The highest BCUT2D eigenvalue weighted by molar-refractivity contribution is 5.26. The van der Waals surface area contributed by atoms with Crippen molar-refractivity contribution in [3.8, 4) is 0 Å². The van der Waals surface area contributed by atoms with Gasteiger partial charge in [-0.15, -0.1) is 0 Å². The van der Waals surface area contributed by atoms with Crippen molar-refractivity contribution >= 4 is 0 Å². The normalized spacial score (nSPS) is 12.4. The molecule has 1 atom stereocenters. The van der Waals surface area contributed by atoms with Crippen LogP contribution in [0.15, 0.2) is 37.1 Å². The minimum absolute atomic E-state index is 0.180. The number of pyridine rings is 1. The predicted molar refractivity (Wildman–Crippen MR) is 60.2 cm³/mol. The van der Waals surface area contributed by atoms with E-state index in [4.69, 9.17) is 5.84 Å². The topological polar surface area (TPSA) is 76.7 Å². The second-order valence-corrected chi connectivity index (χ2v) is 3.53. The smallest absolute Gasteiger partial charge is 0.0911 e. The van der Waals surface area contributed by atoms with Crippen molar-refractivity contribution in [1.82, 2.24) is 20.4 Å². The number of nitrogens with zero attached hydrogens (tertiary/aromatic N) is 3. The molecule has 5 heteroatoms. The first kappa shape index (κ1) is 10.7. The van der Waals surface area contributed by atoms with E-state index in [0.29, 0.717) is 0 Å². The molecule has 2 rings (SSSR count). The third-order valence-corrected chi connectivity index (χ3v) is 2.28. The summed E-state index contributed by atoms with van der Waals surface area (Å²) in [7, 11) is 0. The fourth-order valence-corrected chi connectivity index (χ4v) is 1.55. The molecule has 1 unspecified atom stereocenters. The van der Waals surface area contributed by atoms with Crippen LogP contribution in [0, 0.1) is 6.92 Å². The Morgan fingerprint density at radius 1 is 1.19 bits per heavy atom. The Hall–Kier alpha value is -1.85. The van der Waals surface area contributed by atoms with Gasteiger partial charge in [0.15, 0.2) is 0 Å². The first-order valence-corrected chi connectivity index (χ1v) is 4.95. The quantitative estimate of drug-likeness (QED) is 0.583. The largest absolute Gasteiger partial charge is 0.271 e. The van der Waals surface area contributed by atoms with Crippen LogP contribution < -0.4 is 11.3 Å². The number of hydrogen-bond acceptors (Lipinski definition) is 5. The van der Waals surface area contributed by atoms with E-state index in [1.165, 1.54) is 0 Å². The van der Waals surface area contributed by atoms with Crippen LogP contribution in [0.1, 0.15) is 22.9 Å². The van der Waals surface area contributed by atoms with E-state index in [1.807, 2.05) is 13.0 Å². The van der Waals surface area contributed by atoms with Crippen LogP contribution >= 0.6 is 0 Å². The molecule has 0 aliphatic rings. The maximum atomic E-state index is 5.54. The van der Waals surface area contributed by atoms with Gasteiger partial charge in [0.1, 0.15) is 0 Å². The molecule has 0 saturated carbocycles. The molecule has 0 aliphatic heterocycles. The van der Waals surface area contributed by atoms with Crippen LogP contribution in [-0.2, 0) is 0 Å². The second-order valence-electron chi connectivity index (χ2n) is 3.53. The van der Waals surface area contributed by atoms with Gasteiger partial charge in [-0.1, -0.05) is 6.07 Å². The average Bonchev–Trinajstić information content (AvgIpc) is 2.31. The van der Waals surface area contributed by atoms with E-state index >= 15 is 0 Å². The van der Waals surface area contributed by atoms with E-state index in [-0.39, 0.29) is 6.04 Å². The SMILES string of the molecule is Cc1cncc(C(NN)c2cnccn2)c1. The van der Waals surface area contributed by atoms with Crippen LogP contribution in [0.3, 0.4) is 0 Å². The van der Waals surface area contributed by atoms with Crippen molar-refractivity contribution in [3.63, 3.8) is 0 Å². The first-order valence-electron chi connectivity index (χ1n) is 4.95. The molecule has 0 amide bonds. The Morgan fingerprint density at radius 3 is 2.69 bits per heavy atom. The summed E-state index contributed by atoms with van der Waals surface area (Å²) in [5.74, 6) is 5.54. The number of nitrogens with two attached hydrogens (primary N) is 1. The third kappa shape index (κ3) is 2.21. The Bertz CT molecular complexity index is 457. The highest BCUT2D eigenvalue weighted by Crippen LogP contribution is 2.18. The van der Waals surface area contributed by atoms with E-state index < -0.39 is 0 Å². The molecule has 16 heavy (non-hydrogen) atoms. The molecular formula is C11H13N5. The molecule has 82 valence electrons. The highest BCUT2D eigenvalue weighted by Gasteiger charge is 2.13. The molecule has 0 fully saturated rings. The van der Waals surface area contributed by atoms with E-state index in [2.05, 4.69) is 20.4 Å². The lowest BCUT2D eigenvalue weighted by atomic mass is 10.1. The number of aryl methyl sites for hydroxylation is 1. The van der Waals surface area contributed by atoms with Gasteiger partial charge in [0.25, 0.3) is 0 Å². The van der Waals surface area contributed by atoms with Gasteiger partial charge in [0.05, 0.1) is 17.9 Å². The predicted octanol–water partition coefficient (Wildman–Crippen LogP) is 0.733. The highest BCUT2D eigenvalue weighted by atomic mass is 15.2. The molecule has 0 radical (unpaired) electrons. The van der Waals surface area contributed by atoms with Gasteiger partial charge in [0, 0.05) is 24.8 Å². The summed E-state index contributed by atoms with van der Waals surface area (Å²) < 4.78 is 0. The number of hydrogen-bond donors (Lipinski definition) is 2. The zero-order valence-electron chi connectivity index (χ0n) is 8.96. The maximum absolute atomic E-state index is 5.54. The van der Waals surface area contributed by atoms with Gasteiger partial charge >= 0.3 is 0 Å². The Balaban J connectivity index is 2.37. The zero-order valence-corrected chi connectivity index (χ0v) is 8.96. The Morgan fingerprint density at radius 2 is 2.06 bits per heavy atom. The minimum Gasteiger partial charge on any atom is -0.271 e. The van der Waals surface area contributed by atoms with Crippen molar-refractivity contribution in [2.24, 2.45) is 5.84 Å². The first-order chi connectivity index (χ1) is 7.81. The summed E-state index contributed by atoms with van der Waals surface area (Å²) in [6.45, 7) is 1.99. The van der Waals surface area contributed by atoms with Crippen LogP contribution in [0.2, 0.25) is 0 Å². The van der Waals surface area contributed by atoms with Crippen LogP contribution in [-0.4, -0.2) is 15.0 Å². The summed E-state index contributed by atoms with van der Waals surface area (Å²) in [5.41, 5.74) is 5.55. The minimum atomic E-state index is -0.180. The molecule has 0 spiro atoms. The van der Waals surface area contributed by atoms with Crippen LogP contribution in [0.4, 0.5) is 0 Å². The van der Waals surface area contributed by atoms with Crippen LogP contribution in [0.25, 0.3) is 0 Å². The van der Waals surface area contributed by atoms with Gasteiger partial charge in [-0.3, -0.25) is 20.8 Å². The molecule has 5 nitrogen and oxygen atoms in total. The molecule has 3 N–H and O–H groups in total. The summed E-state index contributed by atoms with van der Waals surface area (Å²) in [5, 5.41) is 0. The van der Waals surface area contributed by atoms with Crippen molar-refractivity contribution < 1.29 is 0 Å². The monoisotopic (exact) mass is 215 g/mol. The Labute approximate surface area is 93.7 Å². The van der Waals surface area contributed by atoms with Crippen LogP contribution in [0.5, 0.6) is 0 Å². The van der Waals surface area contributed by atoms with E-state index in [1.54, 1.807) is 31.0 Å². The summed E-state index contributed by atoms with van der Waals surface area (Å²) in [6, 6.07) is 1.84. The van der Waals surface area contributed by atoms with Gasteiger partial charge in [-0.25, -0.2) is 5.43 Å². The Kier molecular flexibility index (Phi) is 3.19. The molecule has 0 saturated heterocycles. The number of aromatic nitrogens is 3. The molecule has 0 aromatic carbocycles. The fraction of sp³-hybridized carbons (Fsp3) is 0.182. The molecule has 2 heterocycles. The summed E-state index contributed by atoms with van der Waals surface area (Å²) in [4.78, 5) is 12.4. The van der Waals surface area contributed by atoms with Gasteiger partial charge in [0.2, 0.25) is 0 Å². The van der Waals surface area contributed by atoms with Crippen molar-refractivity contribution in [3.05, 3.63) is 53.9 Å². The van der Waals surface area contributed by atoms with Gasteiger partial charge in [-0.05, 0) is 18.1 Å². The zero-order chi connectivity index (χ0) is 11.4. The molecule has 2 aromatic rings. The standard InChI is InChI=1S/C11H13N5/c1-8-4-9(6-14-5-8)11(16-12)10-7-13-2-3-15-10/h2-7,11,16H,12H2,1H3. The van der Waals surface area contributed by atoms with Crippen molar-refractivity contribution in [2.75, 3.05) is 0 Å². The van der Waals surface area contributed by atoms with E-state index in [9.17, 15) is 0 Å². The fourth-order valence-electron chi connectivity index (χ4n) is 1.55. The van der Waals surface area contributed by atoms with Gasteiger partial charge < -0.3 is 0 Å². The number of nitrogens with one attached hydrogen (secondary N) is 1. The summed E-state index contributed by atoms with van der Waals surface area (Å²) in [6.07, 6.45) is 8.53. The number of rotatable bonds is 3. The summed E-state index contributed by atoms with van der Waals surface area (Å²) >= 11 is 0. The molecule has 0 aliphatic carbocycles. The lowest BCUT2D eigenvalue weighted by molar-refractivity contribution is 0.615. The van der Waals surface area contributed by atoms with Gasteiger partial charge in [-0.2, -0.15) is 0 Å². The number of hydrazine groups is 1. The molecule has 2 aromatic heterocycles. The average molecular weight is 215 g/mol. The lowest BCUT2D eigenvalue weighted by Gasteiger charge is -2.15. The second kappa shape index (κ2) is 4.78. The molecular weight excluding hydrogens is 202 g/mol. The van der Waals surface area contributed by atoms with E-state index in [0.717, 1.165) is 16.8 Å². The third-order valence-electron chi connectivity index (χ3n) is 2.28. The maximum Gasteiger partial charge on any atom is 0.0911 e. The molecule has 0 bridgehead atoms. The lowest BCUT2D eigenvalue weighted by Crippen LogP contribution is -2.29.